The summed E-state index contributed by atoms with van der Waals surface area (Å²) in [6.45, 7) is 10.5. The van der Waals surface area contributed by atoms with Crippen LogP contribution in [0.2, 0.25) is 0 Å². The first-order chi connectivity index (χ1) is 10.9. The fourth-order valence-corrected chi connectivity index (χ4v) is 3.45. The van der Waals surface area contributed by atoms with Crippen LogP contribution in [-0.2, 0) is 12.2 Å². The molecule has 0 atom stereocenters. The van der Waals surface area contributed by atoms with Gasteiger partial charge in [0.25, 0.3) is 5.56 Å². The van der Waals surface area contributed by atoms with E-state index in [2.05, 4.69) is 55.9 Å². The first kappa shape index (κ1) is 17.8. The topological polar surface area (TPSA) is 45.8 Å². The molecule has 0 saturated carbocycles. The van der Waals surface area contributed by atoms with Gasteiger partial charge in [-0.15, -0.1) is 0 Å². The highest BCUT2D eigenvalue weighted by Crippen LogP contribution is 2.22. The summed E-state index contributed by atoms with van der Waals surface area (Å²) < 4.78 is 0. The first-order valence-corrected chi connectivity index (χ1v) is 9.14. The second-order valence-electron chi connectivity index (χ2n) is 6.59. The van der Waals surface area contributed by atoms with Crippen molar-refractivity contribution in [3.63, 3.8) is 0 Å². The Labute approximate surface area is 142 Å². The molecule has 0 spiro atoms. The molecule has 1 heterocycles. The van der Waals surface area contributed by atoms with Crippen LogP contribution in [0.25, 0.3) is 0 Å². The zero-order valence-electron chi connectivity index (χ0n) is 14.7. The predicted molar refractivity (Wildman–Crippen MR) is 98.2 cm³/mol. The van der Waals surface area contributed by atoms with Gasteiger partial charge >= 0.3 is 0 Å². The van der Waals surface area contributed by atoms with Gasteiger partial charge in [-0.05, 0) is 50.7 Å². The van der Waals surface area contributed by atoms with Crippen LogP contribution in [0.1, 0.15) is 48.2 Å². The molecule has 0 aliphatic carbocycles. The lowest BCUT2D eigenvalue weighted by Gasteiger charge is -2.09. The number of aromatic nitrogens is 2. The van der Waals surface area contributed by atoms with E-state index < -0.39 is 0 Å². The van der Waals surface area contributed by atoms with Crippen LogP contribution in [-0.4, -0.2) is 9.97 Å². The number of hydrogen-bond acceptors (Lipinski definition) is 3. The van der Waals surface area contributed by atoms with Crippen LogP contribution in [0.15, 0.2) is 28.2 Å². The molecule has 2 aromatic rings. The molecule has 0 amide bonds. The summed E-state index contributed by atoms with van der Waals surface area (Å²) in [7, 11) is 0. The van der Waals surface area contributed by atoms with Crippen molar-refractivity contribution in [2.45, 2.75) is 58.4 Å². The molecular formula is C19H26N2OS. The molecule has 1 aromatic carbocycles. The minimum atomic E-state index is 0.0154. The van der Waals surface area contributed by atoms with Crippen LogP contribution in [0.5, 0.6) is 0 Å². The van der Waals surface area contributed by atoms with Crippen molar-refractivity contribution in [3.05, 3.63) is 56.5 Å². The monoisotopic (exact) mass is 330 g/mol. The van der Waals surface area contributed by atoms with Crippen molar-refractivity contribution in [3.8, 4) is 0 Å². The van der Waals surface area contributed by atoms with Crippen LogP contribution < -0.4 is 5.56 Å². The van der Waals surface area contributed by atoms with E-state index in [0.717, 1.165) is 29.9 Å². The van der Waals surface area contributed by atoms with Gasteiger partial charge in [0.2, 0.25) is 0 Å². The Hall–Kier alpha value is -1.55. The van der Waals surface area contributed by atoms with E-state index in [4.69, 9.17) is 0 Å². The first-order valence-electron chi connectivity index (χ1n) is 8.15. The quantitative estimate of drug-likeness (QED) is 0.623. The van der Waals surface area contributed by atoms with Gasteiger partial charge in [0, 0.05) is 17.0 Å². The highest BCUT2D eigenvalue weighted by molar-refractivity contribution is 7.98. The molecule has 0 bridgehead atoms. The summed E-state index contributed by atoms with van der Waals surface area (Å²) in [4.78, 5) is 19.8. The number of thioether (sulfide) groups is 1. The van der Waals surface area contributed by atoms with Crippen molar-refractivity contribution in [2.24, 2.45) is 5.92 Å². The van der Waals surface area contributed by atoms with Gasteiger partial charge in [-0.3, -0.25) is 4.79 Å². The average Bonchev–Trinajstić information content (AvgIpc) is 2.47. The van der Waals surface area contributed by atoms with Gasteiger partial charge in [-0.2, -0.15) is 0 Å². The van der Waals surface area contributed by atoms with Gasteiger partial charge in [-0.1, -0.05) is 49.4 Å². The van der Waals surface area contributed by atoms with Crippen LogP contribution in [0.3, 0.4) is 0 Å². The molecule has 4 heteroatoms. The molecule has 0 radical (unpaired) electrons. The second kappa shape index (κ2) is 7.82. The zero-order valence-corrected chi connectivity index (χ0v) is 15.5. The molecule has 0 aliphatic heterocycles. The average molecular weight is 330 g/mol. The molecule has 1 aromatic heterocycles. The maximum absolute atomic E-state index is 12.3. The second-order valence-corrected chi connectivity index (χ2v) is 7.55. The molecule has 2 rings (SSSR count). The number of H-pyrrole nitrogens is 1. The number of aromatic amines is 1. The zero-order chi connectivity index (χ0) is 17.0. The lowest BCUT2D eigenvalue weighted by molar-refractivity contribution is 0.580. The Morgan fingerprint density at radius 2 is 1.96 bits per heavy atom. The number of aryl methyl sites for hydroxylation is 3. The fraction of sp³-hybridized carbons (Fsp3) is 0.474. The van der Waals surface area contributed by atoms with E-state index in [1.807, 2.05) is 6.92 Å². The Kier molecular flexibility index (Phi) is 6.05. The predicted octanol–water partition coefficient (Wildman–Crippen LogP) is 4.58. The van der Waals surface area contributed by atoms with Gasteiger partial charge in [0.05, 0.1) is 0 Å². The SMILES string of the molecule is Cc1ccc(C)c(CSc2nc(C)c(CCC(C)C)c(=O)[nH]2)c1. The molecule has 0 aliphatic rings. The van der Waals surface area contributed by atoms with Gasteiger partial charge < -0.3 is 4.98 Å². The van der Waals surface area contributed by atoms with Gasteiger partial charge in [0.15, 0.2) is 5.16 Å². The summed E-state index contributed by atoms with van der Waals surface area (Å²) in [6.07, 6.45) is 1.81. The number of hydrogen-bond donors (Lipinski definition) is 1. The summed E-state index contributed by atoms with van der Waals surface area (Å²) in [5.74, 6) is 1.41. The van der Waals surface area contributed by atoms with E-state index in [9.17, 15) is 4.79 Å². The van der Waals surface area contributed by atoms with Crippen molar-refractivity contribution in [1.29, 1.82) is 0 Å². The summed E-state index contributed by atoms with van der Waals surface area (Å²) in [5, 5.41) is 0.710. The molecular weight excluding hydrogens is 304 g/mol. The van der Waals surface area contributed by atoms with Gasteiger partial charge in [-0.25, -0.2) is 4.98 Å². The van der Waals surface area contributed by atoms with Crippen LogP contribution in [0, 0.1) is 26.7 Å². The molecule has 23 heavy (non-hydrogen) atoms. The molecule has 0 unspecified atom stereocenters. The fourth-order valence-electron chi connectivity index (χ4n) is 2.48. The van der Waals surface area contributed by atoms with Crippen molar-refractivity contribution in [1.82, 2.24) is 9.97 Å². The largest absolute Gasteiger partial charge is 0.301 e. The number of nitrogens with one attached hydrogen (secondary N) is 1. The minimum absolute atomic E-state index is 0.0154. The summed E-state index contributed by atoms with van der Waals surface area (Å²) in [5.41, 5.74) is 5.53. The Morgan fingerprint density at radius 1 is 1.22 bits per heavy atom. The summed E-state index contributed by atoms with van der Waals surface area (Å²) >= 11 is 1.59. The number of nitrogens with zero attached hydrogens (tertiary/aromatic N) is 1. The van der Waals surface area contributed by atoms with E-state index in [1.54, 1.807) is 11.8 Å². The molecule has 1 N–H and O–H groups in total. The van der Waals surface area contributed by atoms with E-state index in [0.29, 0.717) is 11.1 Å². The van der Waals surface area contributed by atoms with Gasteiger partial charge in [0.1, 0.15) is 0 Å². The minimum Gasteiger partial charge on any atom is -0.301 e. The smallest absolute Gasteiger partial charge is 0.254 e. The van der Waals surface area contributed by atoms with Crippen molar-refractivity contribution < 1.29 is 0 Å². The molecule has 3 nitrogen and oxygen atoms in total. The Morgan fingerprint density at radius 3 is 2.61 bits per heavy atom. The molecule has 0 fully saturated rings. The van der Waals surface area contributed by atoms with E-state index in [-0.39, 0.29) is 5.56 Å². The van der Waals surface area contributed by atoms with E-state index in [1.165, 1.54) is 16.7 Å². The lowest BCUT2D eigenvalue weighted by atomic mass is 10.0. The number of rotatable bonds is 6. The van der Waals surface area contributed by atoms with Crippen molar-refractivity contribution >= 4 is 11.8 Å². The normalized spacial score (nSPS) is 11.2. The van der Waals surface area contributed by atoms with Crippen LogP contribution in [0.4, 0.5) is 0 Å². The third-order valence-electron chi connectivity index (χ3n) is 4.04. The lowest BCUT2D eigenvalue weighted by Crippen LogP contribution is -2.18. The Bertz CT molecular complexity index is 735. The third kappa shape index (κ3) is 4.96. The van der Waals surface area contributed by atoms with Crippen molar-refractivity contribution in [2.75, 3.05) is 0 Å². The van der Waals surface area contributed by atoms with Crippen LogP contribution >= 0.6 is 11.8 Å². The maximum Gasteiger partial charge on any atom is 0.254 e. The summed E-state index contributed by atoms with van der Waals surface area (Å²) in [6, 6.07) is 6.46. The third-order valence-corrected chi connectivity index (χ3v) is 4.96. The highest BCUT2D eigenvalue weighted by Gasteiger charge is 2.10. The molecule has 0 saturated heterocycles. The Balaban J connectivity index is 2.12. The molecule has 124 valence electrons. The van der Waals surface area contributed by atoms with E-state index >= 15 is 0 Å². The standard InChI is InChI=1S/C19H26N2OS/c1-12(2)6-9-17-15(5)20-19(21-18(17)22)23-11-16-10-13(3)7-8-14(16)4/h7-8,10,12H,6,9,11H2,1-5H3,(H,20,21,22). The highest BCUT2D eigenvalue weighted by atomic mass is 32.2. The maximum atomic E-state index is 12.3. The number of benzene rings is 1.